The first-order valence-corrected chi connectivity index (χ1v) is 13.6. The molecule has 4 atom stereocenters. The standard InChI is InChI=1S/C28H36N4O3/c29-25(28(34)35)26-27(33)32(24-11-4-3-10-23(24)30-26)22-15-19-8-5-9-20(16-22)31(19)21-13-17-6-1-2-7-18(12-17)14-21/h3-4,10-11,17-22,29H,1-2,5-9,12-16H2,(H,34,35). The molecule has 4 bridgehead atoms. The van der Waals surface area contributed by atoms with Gasteiger partial charge in [-0.3, -0.25) is 15.1 Å². The van der Waals surface area contributed by atoms with E-state index < -0.39 is 17.2 Å². The Morgan fingerprint density at radius 1 is 0.857 bits per heavy atom. The maximum absolute atomic E-state index is 13.6. The first kappa shape index (κ1) is 22.9. The van der Waals surface area contributed by atoms with Crippen molar-refractivity contribution in [1.82, 2.24) is 14.5 Å². The summed E-state index contributed by atoms with van der Waals surface area (Å²) in [6.07, 6.45) is 15.1. The van der Waals surface area contributed by atoms with Crippen LogP contribution in [0.2, 0.25) is 0 Å². The Kier molecular flexibility index (Phi) is 5.99. The summed E-state index contributed by atoms with van der Waals surface area (Å²) < 4.78 is 1.79. The van der Waals surface area contributed by atoms with Crippen molar-refractivity contribution in [3.8, 4) is 0 Å². The zero-order valence-corrected chi connectivity index (χ0v) is 20.4. The number of benzene rings is 1. The molecule has 6 rings (SSSR count). The van der Waals surface area contributed by atoms with E-state index in [4.69, 9.17) is 5.41 Å². The lowest BCUT2D eigenvalue weighted by Crippen LogP contribution is -2.58. The molecule has 2 saturated carbocycles. The van der Waals surface area contributed by atoms with Gasteiger partial charge in [-0.1, -0.05) is 44.2 Å². The molecule has 7 heteroatoms. The molecule has 0 amide bonds. The fourth-order valence-electron chi connectivity index (χ4n) is 8.09. The molecule has 2 aromatic rings. The minimum absolute atomic E-state index is 0.00756. The molecule has 2 N–H and O–H groups in total. The second-order valence-electron chi connectivity index (χ2n) is 11.5. The van der Waals surface area contributed by atoms with Crippen LogP contribution in [0.1, 0.15) is 88.8 Å². The van der Waals surface area contributed by atoms with Crippen molar-refractivity contribution in [1.29, 1.82) is 5.41 Å². The maximum atomic E-state index is 13.6. The number of hydrogen-bond donors (Lipinski definition) is 2. The van der Waals surface area contributed by atoms with E-state index in [-0.39, 0.29) is 11.7 Å². The number of carbonyl (C=O) groups is 1. The summed E-state index contributed by atoms with van der Waals surface area (Å²) in [5.74, 6) is 0.356. The average Bonchev–Trinajstić information content (AvgIpc) is 3.01. The molecular formula is C28H36N4O3. The van der Waals surface area contributed by atoms with Crippen LogP contribution in [-0.4, -0.2) is 49.4 Å². The van der Waals surface area contributed by atoms with Crippen molar-refractivity contribution in [2.24, 2.45) is 11.8 Å². The lowest BCUT2D eigenvalue weighted by atomic mass is 9.73. The largest absolute Gasteiger partial charge is 0.476 e. The molecule has 4 aliphatic rings. The third kappa shape index (κ3) is 4.11. The van der Waals surface area contributed by atoms with Gasteiger partial charge in [-0.2, -0.15) is 0 Å². The highest BCUT2D eigenvalue weighted by Gasteiger charge is 2.45. The Labute approximate surface area is 206 Å². The molecule has 2 saturated heterocycles. The highest BCUT2D eigenvalue weighted by molar-refractivity contribution is 6.40. The Morgan fingerprint density at radius 2 is 1.51 bits per heavy atom. The fourth-order valence-corrected chi connectivity index (χ4v) is 8.09. The van der Waals surface area contributed by atoms with Crippen LogP contribution < -0.4 is 5.56 Å². The van der Waals surface area contributed by atoms with Gasteiger partial charge in [-0.25, -0.2) is 9.78 Å². The van der Waals surface area contributed by atoms with E-state index >= 15 is 0 Å². The SMILES string of the molecule is N=C(C(=O)O)c1nc2ccccc2n(C2CC3CCCC(C2)N3C2CC3CCCCC(C3)C2)c1=O. The van der Waals surface area contributed by atoms with Crippen LogP contribution in [0.5, 0.6) is 0 Å². The van der Waals surface area contributed by atoms with Crippen molar-refractivity contribution in [3.63, 3.8) is 0 Å². The van der Waals surface area contributed by atoms with Gasteiger partial charge in [0.1, 0.15) is 0 Å². The molecule has 2 aliphatic carbocycles. The van der Waals surface area contributed by atoms with Gasteiger partial charge < -0.3 is 9.67 Å². The van der Waals surface area contributed by atoms with Gasteiger partial charge in [0, 0.05) is 24.2 Å². The predicted molar refractivity (Wildman–Crippen MR) is 135 cm³/mol. The van der Waals surface area contributed by atoms with Crippen LogP contribution in [0, 0.1) is 17.2 Å². The number of hydrogen-bond acceptors (Lipinski definition) is 5. The molecule has 3 heterocycles. The van der Waals surface area contributed by atoms with E-state index in [9.17, 15) is 14.7 Å². The van der Waals surface area contributed by atoms with E-state index in [1.807, 2.05) is 24.3 Å². The van der Waals surface area contributed by atoms with Gasteiger partial charge in [0.05, 0.1) is 11.0 Å². The smallest absolute Gasteiger partial charge is 0.356 e. The van der Waals surface area contributed by atoms with Crippen molar-refractivity contribution in [2.45, 2.75) is 101 Å². The van der Waals surface area contributed by atoms with Crippen molar-refractivity contribution < 1.29 is 9.90 Å². The summed E-state index contributed by atoms with van der Waals surface area (Å²) in [5, 5.41) is 17.4. The number of fused-ring (bicyclic) bond motifs is 5. The maximum Gasteiger partial charge on any atom is 0.356 e. The van der Waals surface area contributed by atoms with Crippen molar-refractivity contribution >= 4 is 22.7 Å². The van der Waals surface area contributed by atoms with Gasteiger partial charge in [-0.05, 0) is 68.9 Å². The number of para-hydroxylation sites is 2. The molecule has 7 nitrogen and oxygen atoms in total. The topological polar surface area (TPSA) is 99.3 Å². The summed E-state index contributed by atoms with van der Waals surface area (Å²) in [5.41, 5.74) is -0.0786. The summed E-state index contributed by atoms with van der Waals surface area (Å²) in [7, 11) is 0. The van der Waals surface area contributed by atoms with Crippen LogP contribution in [0.25, 0.3) is 11.0 Å². The second kappa shape index (κ2) is 9.16. The number of nitrogens with one attached hydrogen (secondary N) is 1. The third-order valence-corrected chi connectivity index (χ3v) is 9.39. The lowest BCUT2D eigenvalue weighted by Gasteiger charge is -2.54. The van der Waals surface area contributed by atoms with Crippen LogP contribution >= 0.6 is 0 Å². The second-order valence-corrected chi connectivity index (χ2v) is 11.5. The molecule has 1 aromatic heterocycles. The monoisotopic (exact) mass is 476 g/mol. The summed E-state index contributed by atoms with van der Waals surface area (Å²) in [6.45, 7) is 0. The van der Waals surface area contributed by atoms with Crippen molar-refractivity contribution in [2.75, 3.05) is 0 Å². The first-order chi connectivity index (χ1) is 17.0. The molecule has 186 valence electrons. The van der Waals surface area contributed by atoms with Crippen LogP contribution in [0.15, 0.2) is 29.1 Å². The Balaban J connectivity index is 1.35. The summed E-state index contributed by atoms with van der Waals surface area (Å²) in [6, 6.07) is 9.09. The van der Waals surface area contributed by atoms with Gasteiger partial charge in [0.15, 0.2) is 11.4 Å². The number of rotatable bonds is 4. The number of piperidine rings is 2. The third-order valence-electron chi connectivity index (χ3n) is 9.39. The number of aromatic nitrogens is 2. The van der Waals surface area contributed by atoms with E-state index in [2.05, 4.69) is 9.88 Å². The Hall–Kier alpha value is -2.54. The normalized spacial score (nSPS) is 33.3. The molecule has 4 unspecified atom stereocenters. The van der Waals surface area contributed by atoms with Gasteiger partial charge in [0.2, 0.25) is 0 Å². The molecular weight excluding hydrogens is 440 g/mol. The van der Waals surface area contributed by atoms with Gasteiger partial charge in [0.25, 0.3) is 5.56 Å². The highest BCUT2D eigenvalue weighted by Crippen LogP contribution is 2.46. The number of carboxylic acid groups (broad SMARTS) is 1. The fraction of sp³-hybridized carbons (Fsp3) is 0.643. The van der Waals surface area contributed by atoms with E-state index in [0.717, 1.165) is 30.2 Å². The predicted octanol–water partition coefficient (Wildman–Crippen LogP) is 4.77. The zero-order valence-electron chi connectivity index (χ0n) is 20.4. The first-order valence-electron chi connectivity index (χ1n) is 13.6. The Morgan fingerprint density at radius 3 is 2.17 bits per heavy atom. The Bertz CT molecular complexity index is 1180. The molecule has 4 fully saturated rings. The van der Waals surface area contributed by atoms with E-state index in [1.54, 1.807) is 4.57 Å². The number of aliphatic carboxylic acids is 1. The minimum atomic E-state index is -1.41. The van der Waals surface area contributed by atoms with E-state index in [0.29, 0.717) is 23.6 Å². The highest BCUT2D eigenvalue weighted by atomic mass is 16.4. The molecule has 0 radical (unpaired) electrons. The minimum Gasteiger partial charge on any atom is -0.476 e. The van der Waals surface area contributed by atoms with Crippen molar-refractivity contribution in [3.05, 3.63) is 40.3 Å². The zero-order chi connectivity index (χ0) is 24.1. The average molecular weight is 477 g/mol. The lowest BCUT2D eigenvalue weighted by molar-refractivity contribution is -0.129. The van der Waals surface area contributed by atoms with Crippen LogP contribution in [-0.2, 0) is 4.79 Å². The van der Waals surface area contributed by atoms with Crippen LogP contribution in [0.4, 0.5) is 0 Å². The van der Waals surface area contributed by atoms with Gasteiger partial charge in [-0.15, -0.1) is 0 Å². The molecule has 35 heavy (non-hydrogen) atoms. The quantitative estimate of drug-likeness (QED) is 0.620. The van der Waals surface area contributed by atoms with Gasteiger partial charge >= 0.3 is 5.97 Å². The van der Waals surface area contributed by atoms with E-state index in [1.165, 1.54) is 64.2 Å². The molecule has 1 aromatic carbocycles. The number of carboxylic acids is 1. The van der Waals surface area contributed by atoms with Crippen LogP contribution in [0.3, 0.4) is 0 Å². The molecule has 2 aliphatic heterocycles. The number of nitrogens with zero attached hydrogens (tertiary/aromatic N) is 3. The summed E-state index contributed by atoms with van der Waals surface area (Å²) >= 11 is 0. The summed E-state index contributed by atoms with van der Waals surface area (Å²) in [4.78, 5) is 32.3. The molecule has 0 spiro atoms.